The number of halogens is 1. The molecule has 2 heterocycles. The molecular formula is C21H22ClNO4. The molecule has 1 unspecified atom stereocenters. The molecule has 2 aromatic carbocycles. The molecule has 27 heavy (non-hydrogen) atoms. The summed E-state index contributed by atoms with van der Waals surface area (Å²) in [6.07, 6.45) is 0.610. The van der Waals surface area contributed by atoms with Crippen LogP contribution in [0.1, 0.15) is 25.0 Å². The highest BCUT2D eigenvalue weighted by Gasteiger charge is 2.31. The molecule has 0 radical (unpaired) electrons. The van der Waals surface area contributed by atoms with Gasteiger partial charge in [0, 0.05) is 5.02 Å². The van der Waals surface area contributed by atoms with Gasteiger partial charge in [0.15, 0.2) is 11.5 Å². The minimum absolute atomic E-state index is 0.0412. The Kier molecular flexibility index (Phi) is 4.64. The number of rotatable bonds is 3. The van der Waals surface area contributed by atoms with Gasteiger partial charge >= 0.3 is 0 Å². The molecule has 2 aliphatic heterocycles. The zero-order valence-electron chi connectivity index (χ0n) is 15.4. The highest BCUT2D eigenvalue weighted by molar-refractivity contribution is 6.30. The molecule has 1 amide bonds. The smallest absolute Gasteiger partial charge is 0.227 e. The molecule has 2 aliphatic rings. The van der Waals surface area contributed by atoms with Crippen LogP contribution in [-0.4, -0.2) is 25.7 Å². The SMILES string of the molecule is CC(C)(NC(=O)C1COc2ccc(Cl)cc2C1)c1ccc2c(c1)OCCO2. The molecule has 142 valence electrons. The Labute approximate surface area is 163 Å². The van der Waals surface area contributed by atoms with Crippen LogP contribution in [0.25, 0.3) is 0 Å². The van der Waals surface area contributed by atoms with Gasteiger partial charge in [0.25, 0.3) is 0 Å². The van der Waals surface area contributed by atoms with Crippen LogP contribution in [-0.2, 0) is 16.8 Å². The number of nitrogens with one attached hydrogen (secondary N) is 1. The van der Waals surface area contributed by atoms with Crippen molar-refractivity contribution in [3.05, 3.63) is 52.5 Å². The molecule has 0 aliphatic carbocycles. The van der Waals surface area contributed by atoms with E-state index in [2.05, 4.69) is 5.32 Å². The predicted molar refractivity (Wildman–Crippen MR) is 103 cm³/mol. The fraction of sp³-hybridized carbons (Fsp3) is 0.381. The topological polar surface area (TPSA) is 56.8 Å². The van der Waals surface area contributed by atoms with Gasteiger partial charge in [-0.05, 0) is 61.7 Å². The number of benzene rings is 2. The Hall–Kier alpha value is -2.40. The molecule has 0 spiro atoms. The highest BCUT2D eigenvalue weighted by Crippen LogP contribution is 2.35. The second-order valence-corrected chi connectivity index (χ2v) is 7.87. The van der Waals surface area contributed by atoms with E-state index in [-0.39, 0.29) is 11.8 Å². The third-order valence-corrected chi connectivity index (χ3v) is 5.23. The molecule has 0 aromatic heterocycles. The van der Waals surface area contributed by atoms with Gasteiger partial charge in [-0.25, -0.2) is 0 Å². The van der Waals surface area contributed by atoms with E-state index in [1.54, 1.807) is 6.07 Å². The van der Waals surface area contributed by atoms with Crippen molar-refractivity contribution in [1.29, 1.82) is 0 Å². The monoisotopic (exact) mass is 387 g/mol. The van der Waals surface area contributed by atoms with Crippen molar-refractivity contribution in [2.24, 2.45) is 5.92 Å². The average molecular weight is 388 g/mol. The van der Waals surface area contributed by atoms with Crippen molar-refractivity contribution in [1.82, 2.24) is 5.32 Å². The van der Waals surface area contributed by atoms with E-state index in [9.17, 15) is 4.79 Å². The summed E-state index contributed by atoms with van der Waals surface area (Å²) in [6, 6.07) is 11.3. The van der Waals surface area contributed by atoms with Crippen LogP contribution in [0.5, 0.6) is 17.2 Å². The first-order chi connectivity index (χ1) is 12.9. The lowest BCUT2D eigenvalue weighted by atomic mass is 9.91. The summed E-state index contributed by atoms with van der Waals surface area (Å²) in [5, 5.41) is 3.79. The molecule has 2 aromatic rings. The first kappa shape index (κ1) is 18.0. The fourth-order valence-corrected chi connectivity index (χ4v) is 3.64. The van der Waals surface area contributed by atoms with Crippen LogP contribution in [0.2, 0.25) is 5.02 Å². The Bertz CT molecular complexity index is 880. The van der Waals surface area contributed by atoms with Crippen molar-refractivity contribution in [2.45, 2.75) is 25.8 Å². The van der Waals surface area contributed by atoms with E-state index in [1.807, 2.05) is 44.2 Å². The maximum absolute atomic E-state index is 12.9. The number of hydrogen-bond donors (Lipinski definition) is 1. The van der Waals surface area contributed by atoms with Crippen LogP contribution in [0.3, 0.4) is 0 Å². The zero-order valence-corrected chi connectivity index (χ0v) is 16.1. The van der Waals surface area contributed by atoms with Crippen molar-refractivity contribution < 1.29 is 19.0 Å². The van der Waals surface area contributed by atoms with Gasteiger partial charge in [0.2, 0.25) is 5.91 Å². The number of carbonyl (C=O) groups excluding carboxylic acids is 1. The Balaban J connectivity index is 1.48. The van der Waals surface area contributed by atoms with Crippen LogP contribution >= 0.6 is 11.6 Å². The van der Waals surface area contributed by atoms with Crippen LogP contribution in [0, 0.1) is 5.92 Å². The van der Waals surface area contributed by atoms with Crippen molar-refractivity contribution in [2.75, 3.05) is 19.8 Å². The van der Waals surface area contributed by atoms with E-state index >= 15 is 0 Å². The molecule has 5 nitrogen and oxygen atoms in total. The Morgan fingerprint density at radius 2 is 1.78 bits per heavy atom. The summed E-state index contributed by atoms with van der Waals surface area (Å²) in [4.78, 5) is 12.9. The number of amides is 1. The Morgan fingerprint density at radius 1 is 1.04 bits per heavy atom. The summed E-state index contributed by atoms with van der Waals surface area (Å²) < 4.78 is 17.0. The first-order valence-electron chi connectivity index (χ1n) is 9.06. The van der Waals surface area contributed by atoms with E-state index < -0.39 is 5.54 Å². The van der Waals surface area contributed by atoms with Crippen LogP contribution in [0.15, 0.2) is 36.4 Å². The maximum Gasteiger partial charge on any atom is 0.227 e. The number of fused-ring (bicyclic) bond motifs is 2. The maximum atomic E-state index is 12.9. The second kappa shape index (κ2) is 6.97. The third kappa shape index (κ3) is 3.69. The highest BCUT2D eigenvalue weighted by atomic mass is 35.5. The number of ether oxygens (including phenoxy) is 3. The molecular weight excluding hydrogens is 366 g/mol. The molecule has 0 bridgehead atoms. The molecule has 0 fully saturated rings. The van der Waals surface area contributed by atoms with E-state index in [0.717, 1.165) is 22.6 Å². The minimum atomic E-state index is -0.554. The first-order valence-corrected chi connectivity index (χ1v) is 9.43. The summed E-state index contributed by atoms with van der Waals surface area (Å²) in [5.74, 6) is 1.95. The standard InChI is InChI=1S/C21H22ClNO4/c1-21(2,15-3-5-18-19(11-15)26-8-7-25-18)23-20(24)14-9-13-10-16(22)4-6-17(13)27-12-14/h3-6,10-11,14H,7-9,12H2,1-2H3,(H,23,24). The van der Waals surface area contributed by atoms with Gasteiger partial charge in [0.05, 0.1) is 11.5 Å². The lowest BCUT2D eigenvalue weighted by Crippen LogP contribution is -2.46. The summed E-state index contributed by atoms with van der Waals surface area (Å²) in [6.45, 7) is 5.40. The lowest BCUT2D eigenvalue weighted by Gasteiger charge is -2.32. The van der Waals surface area contributed by atoms with Gasteiger partial charge < -0.3 is 19.5 Å². The molecule has 0 saturated heterocycles. The molecule has 1 N–H and O–H groups in total. The van der Waals surface area contributed by atoms with Crippen molar-refractivity contribution >= 4 is 17.5 Å². The normalized spacial score (nSPS) is 18.3. The number of carbonyl (C=O) groups is 1. The van der Waals surface area contributed by atoms with Gasteiger partial charge in [-0.1, -0.05) is 17.7 Å². The average Bonchev–Trinajstić information content (AvgIpc) is 2.66. The molecule has 6 heteroatoms. The molecule has 0 saturated carbocycles. The molecule has 1 atom stereocenters. The van der Waals surface area contributed by atoms with Crippen molar-refractivity contribution in [3.8, 4) is 17.2 Å². The van der Waals surface area contributed by atoms with Gasteiger partial charge in [0.1, 0.15) is 25.6 Å². The van der Waals surface area contributed by atoms with Crippen LogP contribution in [0.4, 0.5) is 0 Å². The summed E-state index contributed by atoms with van der Waals surface area (Å²) >= 11 is 6.07. The number of hydrogen-bond acceptors (Lipinski definition) is 4. The van der Waals surface area contributed by atoms with E-state index in [4.69, 9.17) is 25.8 Å². The summed E-state index contributed by atoms with van der Waals surface area (Å²) in [7, 11) is 0. The second-order valence-electron chi connectivity index (χ2n) is 7.44. The quantitative estimate of drug-likeness (QED) is 0.872. The fourth-order valence-electron chi connectivity index (χ4n) is 3.45. The van der Waals surface area contributed by atoms with Crippen LogP contribution < -0.4 is 19.5 Å². The zero-order chi connectivity index (χ0) is 19.0. The molecule has 4 rings (SSSR count). The van der Waals surface area contributed by atoms with Gasteiger partial charge in [-0.15, -0.1) is 0 Å². The summed E-state index contributed by atoms with van der Waals surface area (Å²) in [5.41, 5.74) is 1.37. The third-order valence-electron chi connectivity index (χ3n) is 5.00. The van der Waals surface area contributed by atoms with E-state index in [0.29, 0.717) is 37.0 Å². The lowest BCUT2D eigenvalue weighted by molar-refractivity contribution is -0.128. The largest absolute Gasteiger partial charge is 0.492 e. The predicted octanol–water partition coefficient (Wildman–Crippen LogP) is 3.71. The van der Waals surface area contributed by atoms with Gasteiger partial charge in [-0.2, -0.15) is 0 Å². The Morgan fingerprint density at radius 3 is 2.59 bits per heavy atom. The van der Waals surface area contributed by atoms with Gasteiger partial charge in [-0.3, -0.25) is 4.79 Å². The van der Waals surface area contributed by atoms with E-state index in [1.165, 1.54) is 0 Å². The minimum Gasteiger partial charge on any atom is -0.492 e. The van der Waals surface area contributed by atoms with Crippen molar-refractivity contribution in [3.63, 3.8) is 0 Å².